The van der Waals surface area contributed by atoms with E-state index in [2.05, 4.69) is 15.2 Å². The minimum Gasteiger partial charge on any atom is -0.457 e. The van der Waals surface area contributed by atoms with E-state index in [1.165, 1.54) is 0 Å². The van der Waals surface area contributed by atoms with Crippen molar-refractivity contribution in [2.75, 3.05) is 0 Å². The van der Waals surface area contributed by atoms with Crippen molar-refractivity contribution < 1.29 is 4.74 Å². The van der Waals surface area contributed by atoms with Crippen LogP contribution in [-0.2, 0) is 0 Å². The molecule has 0 fully saturated rings. The predicted octanol–water partition coefficient (Wildman–Crippen LogP) is 3.71. The van der Waals surface area contributed by atoms with Gasteiger partial charge in [0.15, 0.2) is 0 Å². The third kappa shape index (κ3) is 2.60. The van der Waals surface area contributed by atoms with Crippen molar-refractivity contribution in [3.63, 3.8) is 0 Å². The molecule has 4 aromatic rings. The van der Waals surface area contributed by atoms with Gasteiger partial charge in [-0.15, -0.1) is 0 Å². The van der Waals surface area contributed by atoms with Crippen molar-refractivity contribution in [1.82, 2.24) is 15.2 Å². The highest BCUT2D eigenvalue weighted by Gasteiger charge is 2.06. The molecule has 0 aliphatic rings. The Labute approximate surface area is 131 Å². The van der Waals surface area contributed by atoms with E-state index in [1.807, 2.05) is 60.7 Å². The molecule has 2 N–H and O–H groups in total. The summed E-state index contributed by atoms with van der Waals surface area (Å²) in [4.78, 5) is 14.8. The summed E-state index contributed by atoms with van der Waals surface area (Å²) >= 11 is 0. The number of aromatic nitrogens is 3. The van der Waals surface area contributed by atoms with E-state index in [0.29, 0.717) is 5.52 Å². The van der Waals surface area contributed by atoms with Gasteiger partial charge in [0, 0.05) is 11.1 Å². The Bertz CT molecular complexity index is 1000. The van der Waals surface area contributed by atoms with Crippen LogP contribution >= 0.6 is 0 Å². The number of hydrogen-bond acceptors (Lipinski definition) is 3. The summed E-state index contributed by atoms with van der Waals surface area (Å²) < 4.78 is 5.77. The fraction of sp³-hybridized carbons (Fsp3) is 0. The molecule has 0 aliphatic heterocycles. The molecule has 0 saturated heterocycles. The van der Waals surface area contributed by atoms with Gasteiger partial charge in [-0.1, -0.05) is 18.2 Å². The molecule has 2 heterocycles. The summed E-state index contributed by atoms with van der Waals surface area (Å²) in [5.41, 5.74) is 2.14. The van der Waals surface area contributed by atoms with Crippen LogP contribution in [0.25, 0.3) is 22.2 Å². The monoisotopic (exact) mass is 303 g/mol. The molecule has 0 bridgehead atoms. The first-order chi connectivity index (χ1) is 11.3. The number of hydrogen-bond donors (Lipinski definition) is 2. The lowest BCUT2D eigenvalue weighted by Gasteiger charge is -2.06. The molecule has 0 amide bonds. The SMILES string of the molecule is O=c1[nH]ncc2cc(-c3ccc(Oc4ccccc4)cc3)[nH]c12. The Kier molecular flexibility index (Phi) is 3.16. The first-order valence-electron chi connectivity index (χ1n) is 7.19. The zero-order valence-electron chi connectivity index (χ0n) is 12.1. The van der Waals surface area contributed by atoms with Crippen molar-refractivity contribution in [1.29, 1.82) is 0 Å². The second-order valence-electron chi connectivity index (χ2n) is 5.15. The van der Waals surface area contributed by atoms with Gasteiger partial charge in [-0.05, 0) is 48.0 Å². The number of H-pyrrole nitrogens is 2. The molecule has 4 rings (SSSR count). The Morgan fingerprint density at radius 2 is 1.65 bits per heavy atom. The van der Waals surface area contributed by atoms with Crippen molar-refractivity contribution in [2.45, 2.75) is 0 Å². The topological polar surface area (TPSA) is 70.8 Å². The highest BCUT2D eigenvalue weighted by atomic mass is 16.5. The molecule has 2 aromatic carbocycles. The van der Waals surface area contributed by atoms with E-state index < -0.39 is 0 Å². The van der Waals surface area contributed by atoms with E-state index >= 15 is 0 Å². The van der Waals surface area contributed by atoms with Crippen molar-refractivity contribution in [3.8, 4) is 22.8 Å². The van der Waals surface area contributed by atoms with Crippen molar-refractivity contribution in [3.05, 3.63) is 77.2 Å². The van der Waals surface area contributed by atoms with Crippen molar-refractivity contribution in [2.24, 2.45) is 0 Å². The standard InChI is InChI=1S/C18H13N3O2/c22-18-17-13(11-19-21-18)10-16(20-17)12-6-8-15(9-7-12)23-14-4-2-1-3-5-14/h1-11,20H,(H,21,22). The molecule has 0 radical (unpaired) electrons. The van der Waals surface area contributed by atoms with Crippen LogP contribution in [0.15, 0.2) is 71.7 Å². The van der Waals surface area contributed by atoms with Gasteiger partial charge in [0.25, 0.3) is 5.56 Å². The average Bonchev–Trinajstić information content (AvgIpc) is 3.02. The van der Waals surface area contributed by atoms with Crippen LogP contribution in [0, 0.1) is 0 Å². The van der Waals surface area contributed by atoms with Crippen LogP contribution in [0.3, 0.4) is 0 Å². The molecule has 2 aromatic heterocycles. The van der Waals surface area contributed by atoms with E-state index in [-0.39, 0.29) is 5.56 Å². The normalized spacial score (nSPS) is 10.8. The largest absolute Gasteiger partial charge is 0.457 e. The quantitative estimate of drug-likeness (QED) is 0.606. The van der Waals surface area contributed by atoms with Gasteiger partial charge in [0.1, 0.15) is 17.0 Å². The number of nitrogens with zero attached hydrogens (tertiary/aromatic N) is 1. The van der Waals surface area contributed by atoms with E-state index in [4.69, 9.17) is 4.74 Å². The molecule has 5 heteroatoms. The zero-order chi connectivity index (χ0) is 15.6. The lowest BCUT2D eigenvalue weighted by atomic mass is 10.1. The Morgan fingerprint density at radius 3 is 2.39 bits per heavy atom. The number of benzene rings is 2. The maximum absolute atomic E-state index is 11.7. The number of aromatic amines is 2. The minimum absolute atomic E-state index is 0.224. The highest BCUT2D eigenvalue weighted by Crippen LogP contribution is 2.26. The smallest absolute Gasteiger partial charge is 0.288 e. The number of para-hydroxylation sites is 1. The van der Waals surface area contributed by atoms with Crippen LogP contribution in [-0.4, -0.2) is 15.2 Å². The van der Waals surface area contributed by atoms with Gasteiger partial charge in [-0.3, -0.25) is 4.79 Å². The van der Waals surface area contributed by atoms with Crippen LogP contribution in [0.1, 0.15) is 0 Å². The van der Waals surface area contributed by atoms with Gasteiger partial charge in [0.05, 0.1) is 6.20 Å². The summed E-state index contributed by atoms with van der Waals surface area (Å²) in [6, 6.07) is 19.2. The van der Waals surface area contributed by atoms with Gasteiger partial charge >= 0.3 is 0 Å². The van der Waals surface area contributed by atoms with E-state index in [1.54, 1.807) is 6.20 Å². The molecule has 0 aliphatic carbocycles. The lowest BCUT2D eigenvalue weighted by molar-refractivity contribution is 0.483. The maximum Gasteiger partial charge on any atom is 0.288 e. The molecule has 0 saturated carbocycles. The number of ether oxygens (including phenoxy) is 1. The van der Waals surface area contributed by atoms with Gasteiger partial charge in [-0.2, -0.15) is 5.10 Å². The third-order valence-electron chi connectivity index (χ3n) is 3.59. The molecule has 0 unspecified atom stereocenters. The summed E-state index contributed by atoms with van der Waals surface area (Å²) in [6.07, 6.45) is 1.63. The first-order valence-corrected chi connectivity index (χ1v) is 7.19. The van der Waals surface area contributed by atoms with E-state index in [0.717, 1.165) is 28.1 Å². The van der Waals surface area contributed by atoms with Crippen LogP contribution in [0.4, 0.5) is 0 Å². The minimum atomic E-state index is -0.224. The Morgan fingerprint density at radius 1 is 0.913 bits per heavy atom. The highest BCUT2D eigenvalue weighted by molar-refractivity contribution is 5.84. The molecular formula is C18H13N3O2. The zero-order valence-corrected chi connectivity index (χ0v) is 12.1. The summed E-state index contributed by atoms with van der Waals surface area (Å²) in [6.45, 7) is 0. The maximum atomic E-state index is 11.7. The second kappa shape index (κ2) is 5.46. The second-order valence-corrected chi connectivity index (χ2v) is 5.15. The Balaban J connectivity index is 1.64. The molecule has 23 heavy (non-hydrogen) atoms. The van der Waals surface area contributed by atoms with E-state index in [9.17, 15) is 4.79 Å². The molecule has 0 atom stereocenters. The van der Waals surface area contributed by atoms with Crippen molar-refractivity contribution >= 4 is 10.9 Å². The van der Waals surface area contributed by atoms with Gasteiger partial charge in [0.2, 0.25) is 0 Å². The number of rotatable bonds is 3. The molecule has 0 spiro atoms. The lowest BCUT2D eigenvalue weighted by Crippen LogP contribution is -2.06. The molecule has 112 valence electrons. The summed E-state index contributed by atoms with van der Waals surface area (Å²) in [7, 11) is 0. The number of nitrogens with one attached hydrogen (secondary N) is 2. The van der Waals surface area contributed by atoms with Crippen LogP contribution in [0.2, 0.25) is 0 Å². The first kappa shape index (κ1) is 13.3. The molecular weight excluding hydrogens is 290 g/mol. The van der Waals surface area contributed by atoms with Gasteiger partial charge < -0.3 is 9.72 Å². The fourth-order valence-electron chi connectivity index (χ4n) is 2.46. The third-order valence-corrected chi connectivity index (χ3v) is 3.59. The summed E-state index contributed by atoms with van der Waals surface area (Å²) in [5.74, 6) is 1.55. The average molecular weight is 303 g/mol. The molecule has 5 nitrogen and oxygen atoms in total. The fourth-order valence-corrected chi connectivity index (χ4v) is 2.46. The summed E-state index contributed by atoms with van der Waals surface area (Å²) in [5, 5.41) is 7.01. The van der Waals surface area contributed by atoms with Gasteiger partial charge in [-0.25, -0.2) is 5.10 Å². The van der Waals surface area contributed by atoms with Crippen LogP contribution < -0.4 is 10.3 Å². The number of fused-ring (bicyclic) bond motifs is 1. The Hall–Kier alpha value is -3.34. The predicted molar refractivity (Wildman–Crippen MR) is 88.7 cm³/mol. The van der Waals surface area contributed by atoms with Crippen LogP contribution in [0.5, 0.6) is 11.5 Å².